The van der Waals surface area contributed by atoms with Gasteiger partial charge in [-0.3, -0.25) is 14.2 Å². The number of hydrogen-bond donors (Lipinski definition) is 1. The molecule has 0 bridgehead atoms. The molecule has 0 spiro atoms. The Bertz CT molecular complexity index is 576. The van der Waals surface area contributed by atoms with E-state index in [1.54, 1.807) is 16.3 Å². The van der Waals surface area contributed by atoms with Crippen molar-refractivity contribution in [3.63, 3.8) is 0 Å². The summed E-state index contributed by atoms with van der Waals surface area (Å²) in [6, 6.07) is 0.200. The summed E-state index contributed by atoms with van der Waals surface area (Å²) in [5.74, 6) is 1.33. The Labute approximate surface area is 122 Å². The third-order valence-corrected chi connectivity index (χ3v) is 5.12. The first-order chi connectivity index (χ1) is 9.65. The van der Waals surface area contributed by atoms with E-state index >= 15 is 0 Å². The van der Waals surface area contributed by atoms with Crippen LogP contribution in [-0.2, 0) is 6.54 Å². The van der Waals surface area contributed by atoms with Crippen LogP contribution in [0.25, 0.3) is 0 Å². The van der Waals surface area contributed by atoms with Crippen molar-refractivity contribution < 1.29 is 4.79 Å². The number of fused-ring (bicyclic) bond motifs is 1. The van der Waals surface area contributed by atoms with Gasteiger partial charge in [0.05, 0.1) is 0 Å². The van der Waals surface area contributed by atoms with Crippen molar-refractivity contribution >= 4 is 17.7 Å². The van der Waals surface area contributed by atoms with Crippen LogP contribution >= 0.6 is 11.8 Å². The molecule has 5 nitrogen and oxygen atoms in total. The second-order valence-electron chi connectivity index (χ2n) is 5.69. The van der Waals surface area contributed by atoms with E-state index in [2.05, 4.69) is 17.2 Å². The van der Waals surface area contributed by atoms with Gasteiger partial charge in [-0.15, -0.1) is 0 Å². The molecule has 0 atom stereocenters. The fraction of sp³-hybridized carbons (Fsp3) is 0.643. The van der Waals surface area contributed by atoms with Crippen LogP contribution in [0.15, 0.2) is 16.1 Å². The highest BCUT2D eigenvalue weighted by molar-refractivity contribution is 7.99. The van der Waals surface area contributed by atoms with Crippen molar-refractivity contribution in [2.45, 2.75) is 50.4 Å². The smallest absolute Gasteiger partial charge is 0.267 e. The average Bonchev–Trinajstić information content (AvgIpc) is 2.91. The second-order valence-corrected chi connectivity index (χ2v) is 6.75. The first kappa shape index (κ1) is 13.7. The minimum atomic E-state index is -0.269. The molecule has 1 amide bonds. The largest absolute Gasteiger partial charge is 0.349 e. The second kappa shape index (κ2) is 5.60. The standard InChI is InChI=1S/C14H19N3O2S/c1-9-2-4-10(5-3-9)16-12(18)11-8-15-14-17(13(11)19)6-7-20-14/h8-10H,2-7H2,1H3,(H,16,18). The summed E-state index contributed by atoms with van der Waals surface area (Å²) in [6.07, 6.45) is 5.71. The number of carbonyl (C=O) groups excluding carboxylic acids is 1. The number of amides is 1. The minimum Gasteiger partial charge on any atom is -0.349 e. The molecule has 0 unspecified atom stereocenters. The summed E-state index contributed by atoms with van der Waals surface area (Å²) in [5, 5.41) is 3.71. The van der Waals surface area contributed by atoms with Crippen LogP contribution < -0.4 is 10.9 Å². The van der Waals surface area contributed by atoms with E-state index in [-0.39, 0.29) is 23.1 Å². The van der Waals surface area contributed by atoms with Gasteiger partial charge in [0.2, 0.25) is 0 Å². The number of carbonyl (C=O) groups is 1. The Morgan fingerprint density at radius 2 is 2.15 bits per heavy atom. The van der Waals surface area contributed by atoms with Crippen LogP contribution in [0, 0.1) is 5.92 Å². The summed E-state index contributed by atoms with van der Waals surface area (Å²) in [7, 11) is 0. The van der Waals surface area contributed by atoms with Crippen LogP contribution in [0.4, 0.5) is 0 Å². The van der Waals surface area contributed by atoms with Crippen LogP contribution in [0.2, 0.25) is 0 Å². The number of nitrogens with zero attached hydrogens (tertiary/aromatic N) is 2. The Morgan fingerprint density at radius 1 is 1.40 bits per heavy atom. The zero-order valence-corrected chi connectivity index (χ0v) is 12.4. The van der Waals surface area contributed by atoms with Crippen LogP contribution in [0.1, 0.15) is 43.0 Å². The summed E-state index contributed by atoms with van der Waals surface area (Å²) in [5.41, 5.74) is -0.0310. The average molecular weight is 293 g/mol. The Kier molecular flexibility index (Phi) is 3.83. The van der Waals surface area contributed by atoms with Gasteiger partial charge in [0.1, 0.15) is 5.56 Å². The lowest BCUT2D eigenvalue weighted by atomic mass is 9.87. The van der Waals surface area contributed by atoms with Gasteiger partial charge in [0.25, 0.3) is 11.5 Å². The molecule has 1 aromatic heterocycles. The molecule has 0 aromatic carbocycles. The monoisotopic (exact) mass is 293 g/mol. The molecule has 1 N–H and O–H groups in total. The molecular formula is C14H19N3O2S. The highest BCUT2D eigenvalue weighted by atomic mass is 32.2. The van der Waals surface area contributed by atoms with Crippen LogP contribution in [-0.4, -0.2) is 27.3 Å². The molecule has 6 heteroatoms. The maximum atomic E-state index is 12.2. The Morgan fingerprint density at radius 3 is 2.90 bits per heavy atom. The molecule has 1 aromatic rings. The third kappa shape index (κ3) is 2.61. The normalized spacial score (nSPS) is 25.2. The zero-order chi connectivity index (χ0) is 14.1. The third-order valence-electron chi connectivity index (χ3n) is 4.15. The van der Waals surface area contributed by atoms with Gasteiger partial charge in [-0.2, -0.15) is 0 Å². The van der Waals surface area contributed by atoms with Crippen molar-refractivity contribution in [3.8, 4) is 0 Å². The lowest BCUT2D eigenvalue weighted by Crippen LogP contribution is -2.40. The highest BCUT2D eigenvalue weighted by Crippen LogP contribution is 2.24. The maximum absolute atomic E-state index is 12.2. The van der Waals surface area contributed by atoms with Gasteiger partial charge < -0.3 is 5.32 Å². The van der Waals surface area contributed by atoms with Gasteiger partial charge in [0.15, 0.2) is 5.16 Å². The molecule has 1 saturated carbocycles. The van der Waals surface area contributed by atoms with E-state index in [1.807, 2.05) is 0 Å². The zero-order valence-electron chi connectivity index (χ0n) is 11.6. The number of nitrogens with one attached hydrogen (secondary N) is 1. The van der Waals surface area contributed by atoms with Crippen molar-refractivity contribution in [1.29, 1.82) is 0 Å². The Hall–Kier alpha value is -1.30. The number of rotatable bonds is 2. The predicted octanol–water partition coefficient (Wildman–Crippen LogP) is 1.66. The van der Waals surface area contributed by atoms with Crippen molar-refractivity contribution in [1.82, 2.24) is 14.9 Å². The number of hydrogen-bond acceptors (Lipinski definition) is 4. The molecule has 2 heterocycles. The van der Waals surface area contributed by atoms with E-state index < -0.39 is 0 Å². The molecule has 3 rings (SSSR count). The molecule has 2 aliphatic rings. The van der Waals surface area contributed by atoms with E-state index in [9.17, 15) is 9.59 Å². The van der Waals surface area contributed by atoms with E-state index in [1.165, 1.54) is 6.20 Å². The molecule has 0 saturated heterocycles. The molecule has 0 radical (unpaired) electrons. The summed E-state index contributed by atoms with van der Waals surface area (Å²) >= 11 is 1.56. The molecular weight excluding hydrogens is 274 g/mol. The van der Waals surface area contributed by atoms with Crippen LogP contribution in [0.3, 0.4) is 0 Å². The highest BCUT2D eigenvalue weighted by Gasteiger charge is 2.24. The molecule has 20 heavy (non-hydrogen) atoms. The fourth-order valence-corrected chi connectivity index (χ4v) is 3.75. The van der Waals surface area contributed by atoms with Crippen molar-refractivity contribution in [2.75, 3.05) is 5.75 Å². The predicted molar refractivity (Wildman–Crippen MR) is 78.1 cm³/mol. The molecule has 1 aliphatic heterocycles. The first-order valence-corrected chi connectivity index (χ1v) is 8.17. The SMILES string of the molecule is CC1CCC(NC(=O)c2cnc3n(c2=O)CCS3)CC1. The van der Waals surface area contributed by atoms with Gasteiger partial charge in [-0.05, 0) is 31.6 Å². The fourth-order valence-electron chi connectivity index (χ4n) is 2.84. The minimum absolute atomic E-state index is 0.176. The maximum Gasteiger partial charge on any atom is 0.267 e. The van der Waals surface area contributed by atoms with Gasteiger partial charge in [-0.1, -0.05) is 18.7 Å². The van der Waals surface area contributed by atoms with E-state index in [0.717, 1.165) is 42.5 Å². The summed E-state index contributed by atoms with van der Waals surface area (Å²) < 4.78 is 1.60. The quantitative estimate of drug-likeness (QED) is 0.842. The topological polar surface area (TPSA) is 64.0 Å². The van der Waals surface area contributed by atoms with Gasteiger partial charge >= 0.3 is 0 Å². The number of thioether (sulfide) groups is 1. The molecule has 1 fully saturated rings. The molecule has 108 valence electrons. The summed E-state index contributed by atoms with van der Waals surface area (Å²) in [6.45, 7) is 2.89. The molecule has 1 aliphatic carbocycles. The van der Waals surface area contributed by atoms with Crippen LogP contribution in [0.5, 0.6) is 0 Å². The van der Waals surface area contributed by atoms with Crippen molar-refractivity contribution in [3.05, 3.63) is 22.1 Å². The van der Waals surface area contributed by atoms with Gasteiger partial charge in [-0.25, -0.2) is 4.98 Å². The first-order valence-electron chi connectivity index (χ1n) is 7.18. The van der Waals surface area contributed by atoms with E-state index in [4.69, 9.17) is 0 Å². The summed E-state index contributed by atoms with van der Waals surface area (Å²) in [4.78, 5) is 28.7. The lowest BCUT2D eigenvalue weighted by Gasteiger charge is -2.26. The number of aromatic nitrogens is 2. The Balaban J connectivity index is 1.73. The van der Waals surface area contributed by atoms with E-state index in [0.29, 0.717) is 6.54 Å². The van der Waals surface area contributed by atoms with Crippen molar-refractivity contribution in [2.24, 2.45) is 5.92 Å². The van der Waals surface area contributed by atoms with Gasteiger partial charge in [0, 0.05) is 24.5 Å². The lowest BCUT2D eigenvalue weighted by molar-refractivity contribution is 0.0920.